The van der Waals surface area contributed by atoms with Gasteiger partial charge in [-0.15, -0.1) is 0 Å². The van der Waals surface area contributed by atoms with Gasteiger partial charge in [0.15, 0.2) is 0 Å². The maximum absolute atomic E-state index is 13.0. The lowest BCUT2D eigenvalue weighted by Crippen LogP contribution is -2.49. The summed E-state index contributed by atoms with van der Waals surface area (Å²) in [6.45, 7) is 3.59. The normalized spacial score (nSPS) is 21.8. The number of carbonyl (C=O) groups excluding carboxylic acids is 4. The van der Waals surface area contributed by atoms with Crippen molar-refractivity contribution in [3.63, 3.8) is 0 Å². The molecule has 3 rings (SSSR count). The van der Waals surface area contributed by atoms with Gasteiger partial charge in [-0.1, -0.05) is 31.2 Å². The number of rotatable bonds is 6. The highest BCUT2D eigenvalue weighted by atomic mass is 16.2. The number of hydrogen-bond acceptors (Lipinski definition) is 4. The molecule has 144 valence electrons. The first-order valence-electron chi connectivity index (χ1n) is 9.18. The van der Waals surface area contributed by atoms with Crippen molar-refractivity contribution in [2.75, 3.05) is 13.1 Å². The fraction of sp³-hybridized carbons (Fsp3) is 0.474. The highest BCUT2D eigenvalue weighted by Gasteiger charge is 2.55. The summed E-state index contributed by atoms with van der Waals surface area (Å²) in [7, 11) is 0. The highest BCUT2D eigenvalue weighted by Crippen LogP contribution is 2.41. The van der Waals surface area contributed by atoms with Gasteiger partial charge in [-0.25, -0.2) is 4.79 Å². The zero-order valence-electron chi connectivity index (χ0n) is 15.5. The van der Waals surface area contributed by atoms with Crippen LogP contribution in [-0.4, -0.2) is 47.8 Å². The summed E-state index contributed by atoms with van der Waals surface area (Å²) in [6.07, 6.45) is 1.96. The summed E-state index contributed by atoms with van der Waals surface area (Å²) >= 11 is 0. The zero-order valence-corrected chi connectivity index (χ0v) is 15.5. The number of nitrogens with one attached hydrogen (secondary N) is 3. The summed E-state index contributed by atoms with van der Waals surface area (Å²) < 4.78 is 0. The van der Waals surface area contributed by atoms with Gasteiger partial charge in [0, 0.05) is 6.54 Å². The van der Waals surface area contributed by atoms with Crippen LogP contribution >= 0.6 is 0 Å². The Bertz CT molecular complexity index is 794. The van der Waals surface area contributed by atoms with E-state index >= 15 is 0 Å². The topological polar surface area (TPSA) is 108 Å². The zero-order chi connectivity index (χ0) is 19.6. The molecule has 1 saturated heterocycles. The smallest absolute Gasteiger partial charge is 0.325 e. The lowest BCUT2D eigenvalue weighted by atomic mass is 9.92. The van der Waals surface area contributed by atoms with Crippen molar-refractivity contribution in [3.8, 4) is 0 Å². The lowest BCUT2D eigenvalue weighted by Gasteiger charge is -2.22. The lowest BCUT2D eigenvalue weighted by molar-refractivity contribution is -0.136. The van der Waals surface area contributed by atoms with Crippen LogP contribution in [-0.2, 0) is 26.3 Å². The second kappa shape index (κ2) is 7.38. The fourth-order valence-corrected chi connectivity index (χ4v) is 3.63. The van der Waals surface area contributed by atoms with Crippen LogP contribution in [0.15, 0.2) is 24.3 Å². The van der Waals surface area contributed by atoms with Crippen molar-refractivity contribution in [1.29, 1.82) is 0 Å². The number of amides is 5. The molecule has 1 aromatic carbocycles. The standard InChI is InChI=1S/C19H24N4O4/c1-3-10-20-16(25)12(2)21-15(24)11-23-17(26)19(22-18(23)27)9-8-13-6-4-5-7-14(13)19/h4-7,12H,3,8-11H2,1-2H3,(H,20,25)(H,21,24)(H,22,27)/t12-,19-/m1/s1. The van der Waals surface area contributed by atoms with Crippen LogP contribution in [0, 0.1) is 0 Å². The van der Waals surface area contributed by atoms with E-state index in [2.05, 4.69) is 16.0 Å². The van der Waals surface area contributed by atoms with Gasteiger partial charge in [0.25, 0.3) is 5.91 Å². The second-order valence-corrected chi connectivity index (χ2v) is 6.96. The highest BCUT2D eigenvalue weighted by molar-refractivity contribution is 6.10. The first-order valence-corrected chi connectivity index (χ1v) is 9.18. The maximum Gasteiger partial charge on any atom is 0.325 e. The van der Waals surface area contributed by atoms with Crippen LogP contribution in [0.25, 0.3) is 0 Å². The van der Waals surface area contributed by atoms with Crippen molar-refractivity contribution in [1.82, 2.24) is 20.9 Å². The summed E-state index contributed by atoms with van der Waals surface area (Å²) in [5.74, 6) is -1.28. The number of nitrogens with zero attached hydrogens (tertiary/aromatic N) is 1. The Balaban J connectivity index is 1.67. The predicted octanol–water partition coefficient (Wildman–Crippen LogP) is 0.411. The Morgan fingerprint density at radius 3 is 2.78 bits per heavy atom. The molecule has 8 heteroatoms. The Labute approximate surface area is 157 Å². The summed E-state index contributed by atoms with van der Waals surface area (Å²) in [4.78, 5) is 50.4. The first-order chi connectivity index (χ1) is 12.9. The quantitative estimate of drug-likeness (QED) is 0.629. The third-order valence-corrected chi connectivity index (χ3v) is 5.04. The molecule has 0 aromatic heterocycles. The molecule has 0 radical (unpaired) electrons. The maximum atomic E-state index is 13.0. The number of imide groups is 1. The molecule has 1 spiro atoms. The summed E-state index contributed by atoms with van der Waals surface area (Å²) in [6, 6.07) is 6.17. The molecule has 5 amide bonds. The monoisotopic (exact) mass is 372 g/mol. The third-order valence-electron chi connectivity index (χ3n) is 5.04. The third kappa shape index (κ3) is 3.39. The molecule has 0 bridgehead atoms. The van der Waals surface area contributed by atoms with E-state index < -0.39 is 36.0 Å². The molecule has 3 N–H and O–H groups in total. The first kappa shape index (κ1) is 18.9. The SMILES string of the molecule is CCCNC(=O)[C@@H](C)NC(=O)CN1C(=O)N[C@@]2(CCc3ccccc32)C1=O. The molecule has 0 unspecified atom stereocenters. The van der Waals surface area contributed by atoms with Crippen molar-refractivity contribution in [2.45, 2.75) is 44.7 Å². The Kier molecular flexibility index (Phi) is 5.16. The number of fused-ring (bicyclic) bond motifs is 2. The number of aryl methyl sites for hydroxylation is 1. The van der Waals surface area contributed by atoms with Gasteiger partial charge in [0.05, 0.1) is 0 Å². The van der Waals surface area contributed by atoms with Gasteiger partial charge in [0.2, 0.25) is 11.8 Å². The van der Waals surface area contributed by atoms with E-state index in [0.29, 0.717) is 19.4 Å². The molecule has 27 heavy (non-hydrogen) atoms. The average molecular weight is 372 g/mol. The minimum absolute atomic E-state index is 0.302. The number of carbonyl (C=O) groups is 4. The van der Waals surface area contributed by atoms with Crippen molar-refractivity contribution in [2.24, 2.45) is 0 Å². The van der Waals surface area contributed by atoms with E-state index in [1.165, 1.54) is 0 Å². The molecule has 1 aromatic rings. The second-order valence-electron chi connectivity index (χ2n) is 6.96. The molecule has 2 aliphatic rings. The Morgan fingerprint density at radius 1 is 1.30 bits per heavy atom. The molecule has 0 saturated carbocycles. The molecule has 1 fully saturated rings. The van der Waals surface area contributed by atoms with Crippen molar-refractivity contribution < 1.29 is 19.2 Å². The Morgan fingerprint density at radius 2 is 2.04 bits per heavy atom. The predicted molar refractivity (Wildman–Crippen MR) is 97.6 cm³/mol. The van der Waals surface area contributed by atoms with E-state index in [4.69, 9.17) is 0 Å². The van der Waals surface area contributed by atoms with E-state index in [9.17, 15) is 19.2 Å². The Hall–Kier alpha value is -2.90. The number of benzene rings is 1. The van der Waals surface area contributed by atoms with Crippen LogP contribution in [0.4, 0.5) is 4.79 Å². The van der Waals surface area contributed by atoms with Crippen LogP contribution in [0.3, 0.4) is 0 Å². The summed E-state index contributed by atoms with van der Waals surface area (Å²) in [5.41, 5.74) is 0.732. The van der Waals surface area contributed by atoms with Gasteiger partial charge < -0.3 is 16.0 Å². The van der Waals surface area contributed by atoms with E-state index in [-0.39, 0.29) is 5.91 Å². The summed E-state index contributed by atoms with van der Waals surface area (Å²) in [5, 5.41) is 7.99. The minimum Gasteiger partial charge on any atom is -0.354 e. The molecule has 1 aliphatic heterocycles. The van der Waals surface area contributed by atoms with Crippen LogP contribution in [0.1, 0.15) is 37.8 Å². The van der Waals surface area contributed by atoms with Crippen molar-refractivity contribution in [3.05, 3.63) is 35.4 Å². The molecular formula is C19H24N4O4. The molecule has 1 heterocycles. The van der Waals surface area contributed by atoms with Gasteiger partial charge in [-0.3, -0.25) is 19.3 Å². The van der Waals surface area contributed by atoms with Crippen LogP contribution in [0.5, 0.6) is 0 Å². The number of hydrogen-bond donors (Lipinski definition) is 3. The van der Waals surface area contributed by atoms with Gasteiger partial charge >= 0.3 is 6.03 Å². The van der Waals surface area contributed by atoms with Gasteiger partial charge in [-0.05, 0) is 37.3 Å². The largest absolute Gasteiger partial charge is 0.354 e. The van der Waals surface area contributed by atoms with Gasteiger partial charge in [-0.2, -0.15) is 0 Å². The minimum atomic E-state index is -1.09. The van der Waals surface area contributed by atoms with E-state index in [0.717, 1.165) is 22.4 Å². The van der Waals surface area contributed by atoms with Gasteiger partial charge in [0.1, 0.15) is 18.1 Å². The van der Waals surface area contributed by atoms with E-state index in [1.54, 1.807) is 6.92 Å². The van der Waals surface area contributed by atoms with Crippen LogP contribution < -0.4 is 16.0 Å². The number of urea groups is 1. The van der Waals surface area contributed by atoms with Crippen LogP contribution in [0.2, 0.25) is 0 Å². The molecular weight excluding hydrogens is 348 g/mol. The molecule has 8 nitrogen and oxygen atoms in total. The average Bonchev–Trinajstić information content (AvgIpc) is 3.13. The molecule has 2 atom stereocenters. The van der Waals surface area contributed by atoms with Crippen molar-refractivity contribution >= 4 is 23.8 Å². The van der Waals surface area contributed by atoms with E-state index in [1.807, 2.05) is 31.2 Å². The fourth-order valence-electron chi connectivity index (χ4n) is 3.63. The molecule has 1 aliphatic carbocycles.